The quantitative estimate of drug-likeness (QED) is 0.122. The monoisotopic (exact) mass is 373 g/mol. The van der Waals surface area contributed by atoms with Crippen molar-refractivity contribution >= 4 is 0 Å². The molecule has 2 atom stereocenters. The zero-order chi connectivity index (χ0) is 19.7. The largest absolute Gasteiger partial charge is 0.629 e. The number of hydroxylamine groups is 3. The maximum absolute atomic E-state index is 12.3. The van der Waals surface area contributed by atoms with Crippen LogP contribution in [0.15, 0.2) is 0 Å². The van der Waals surface area contributed by atoms with Crippen LogP contribution in [0.1, 0.15) is 124 Å². The summed E-state index contributed by atoms with van der Waals surface area (Å²) in [7, 11) is 0. The van der Waals surface area contributed by atoms with Gasteiger partial charge in [-0.15, -0.1) is 0 Å². The summed E-state index contributed by atoms with van der Waals surface area (Å²) in [5.74, 6) is 0. The molecule has 0 aliphatic heterocycles. The highest BCUT2D eigenvalue weighted by atomic mass is 16.6. The Bertz CT molecular complexity index is 287. The smallest absolute Gasteiger partial charge is 0.189 e. The van der Waals surface area contributed by atoms with E-state index < -0.39 is 17.1 Å². The molecule has 2 unspecified atom stereocenters. The molecular formula is C22H47NO3. The maximum Gasteiger partial charge on any atom is 0.189 e. The van der Waals surface area contributed by atoms with Crippen LogP contribution in [0.4, 0.5) is 0 Å². The molecule has 2 N–H and O–H groups in total. The molecule has 0 heterocycles. The maximum atomic E-state index is 12.3. The summed E-state index contributed by atoms with van der Waals surface area (Å²) in [6.07, 6.45) is 18.7. The Labute approximate surface area is 163 Å². The fraction of sp³-hybridized carbons (Fsp3) is 1.00. The Balaban J connectivity index is 3.32. The van der Waals surface area contributed by atoms with Crippen molar-refractivity contribution in [1.82, 2.24) is 0 Å². The van der Waals surface area contributed by atoms with E-state index in [9.17, 15) is 15.4 Å². The molecule has 0 bridgehead atoms. The molecule has 0 saturated carbocycles. The number of nitrogens with zero attached hydrogens (tertiary/aromatic N) is 1. The highest BCUT2D eigenvalue weighted by Crippen LogP contribution is 2.18. The SMILES string of the molecule is CCCCCCCCCCCCCCCCCC[N+]([O-])(C(C)O)C(C)O. The van der Waals surface area contributed by atoms with Crippen molar-refractivity contribution in [3.8, 4) is 0 Å². The second kappa shape index (κ2) is 17.0. The van der Waals surface area contributed by atoms with E-state index >= 15 is 0 Å². The number of aliphatic hydroxyl groups excluding tert-OH is 2. The predicted molar refractivity (Wildman–Crippen MR) is 111 cm³/mol. The zero-order valence-electron chi connectivity index (χ0n) is 17.9. The van der Waals surface area contributed by atoms with Gasteiger partial charge in [-0.1, -0.05) is 96.8 Å². The summed E-state index contributed by atoms with van der Waals surface area (Å²) in [5, 5.41) is 31.4. The van der Waals surface area contributed by atoms with Crippen LogP contribution in [0.2, 0.25) is 0 Å². The topological polar surface area (TPSA) is 63.5 Å². The van der Waals surface area contributed by atoms with E-state index in [2.05, 4.69) is 6.92 Å². The number of aliphatic hydroxyl groups is 2. The first-order chi connectivity index (χ1) is 12.4. The Kier molecular flexibility index (Phi) is 16.9. The number of hydrogen-bond acceptors (Lipinski definition) is 3. The third-order valence-corrected chi connectivity index (χ3v) is 5.63. The summed E-state index contributed by atoms with van der Waals surface area (Å²) in [6.45, 7) is 5.50. The Morgan fingerprint density at radius 2 is 0.846 bits per heavy atom. The molecule has 0 aromatic rings. The minimum absolute atomic E-state index is 0.299. The second-order valence-corrected chi connectivity index (χ2v) is 8.14. The van der Waals surface area contributed by atoms with Crippen molar-refractivity contribution in [2.45, 2.75) is 136 Å². The van der Waals surface area contributed by atoms with Gasteiger partial charge < -0.3 is 20.1 Å². The molecule has 4 heteroatoms. The highest BCUT2D eigenvalue weighted by Gasteiger charge is 2.27. The number of rotatable bonds is 19. The van der Waals surface area contributed by atoms with Crippen molar-refractivity contribution in [1.29, 1.82) is 0 Å². The minimum Gasteiger partial charge on any atom is -0.629 e. The summed E-state index contributed by atoms with van der Waals surface area (Å²) in [6, 6.07) is 0. The minimum atomic E-state index is -1.06. The molecule has 0 spiro atoms. The van der Waals surface area contributed by atoms with Crippen molar-refractivity contribution in [3.05, 3.63) is 5.21 Å². The standard InChI is InChI=1S/C22H47NO3/c1-4-5-6-7-8-9-10-11-12-13-14-15-16-17-18-19-20-23(26,21(2)24)22(3)25/h21-22,24-25H,4-20H2,1-3H3. The van der Waals surface area contributed by atoms with E-state index in [1.54, 1.807) is 0 Å². The molecular weight excluding hydrogens is 326 g/mol. The van der Waals surface area contributed by atoms with Gasteiger partial charge in [0.05, 0.1) is 6.54 Å². The van der Waals surface area contributed by atoms with Crippen LogP contribution in [0.3, 0.4) is 0 Å². The van der Waals surface area contributed by atoms with Gasteiger partial charge >= 0.3 is 0 Å². The van der Waals surface area contributed by atoms with Gasteiger partial charge in [-0.3, -0.25) is 0 Å². The average molecular weight is 374 g/mol. The van der Waals surface area contributed by atoms with Gasteiger partial charge in [-0.25, -0.2) is 0 Å². The molecule has 0 rings (SSSR count). The summed E-state index contributed by atoms with van der Waals surface area (Å²) >= 11 is 0. The van der Waals surface area contributed by atoms with Crippen molar-refractivity contribution in [3.63, 3.8) is 0 Å². The van der Waals surface area contributed by atoms with E-state index in [0.717, 1.165) is 19.3 Å². The average Bonchev–Trinajstić information content (AvgIpc) is 2.60. The second-order valence-electron chi connectivity index (χ2n) is 8.14. The summed E-state index contributed by atoms with van der Waals surface area (Å²) in [4.78, 5) is 0. The Morgan fingerprint density at radius 3 is 1.12 bits per heavy atom. The van der Waals surface area contributed by atoms with E-state index in [0.29, 0.717) is 6.54 Å². The lowest BCUT2D eigenvalue weighted by Crippen LogP contribution is -2.55. The van der Waals surface area contributed by atoms with E-state index in [-0.39, 0.29) is 0 Å². The first-order valence-corrected chi connectivity index (χ1v) is 11.4. The molecule has 26 heavy (non-hydrogen) atoms. The summed E-state index contributed by atoms with van der Waals surface area (Å²) in [5.41, 5.74) is 0. The first kappa shape index (κ1) is 25.8. The molecule has 4 nitrogen and oxygen atoms in total. The molecule has 0 aromatic heterocycles. The van der Waals surface area contributed by atoms with Crippen molar-refractivity contribution in [2.75, 3.05) is 6.54 Å². The third-order valence-electron chi connectivity index (χ3n) is 5.63. The van der Waals surface area contributed by atoms with Crippen LogP contribution >= 0.6 is 0 Å². The van der Waals surface area contributed by atoms with Gasteiger partial charge in [0.15, 0.2) is 12.5 Å². The zero-order valence-corrected chi connectivity index (χ0v) is 17.9. The van der Waals surface area contributed by atoms with E-state index in [4.69, 9.17) is 0 Å². The van der Waals surface area contributed by atoms with Crippen LogP contribution in [0.25, 0.3) is 0 Å². The summed E-state index contributed by atoms with van der Waals surface area (Å²) < 4.78 is -0.904. The van der Waals surface area contributed by atoms with Crippen LogP contribution in [-0.2, 0) is 0 Å². The lowest BCUT2D eigenvalue weighted by molar-refractivity contribution is -0.965. The molecule has 0 fully saturated rings. The molecule has 0 amide bonds. The molecule has 0 aliphatic rings. The van der Waals surface area contributed by atoms with Crippen LogP contribution in [-0.4, -0.2) is 33.9 Å². The number of hydrogen-bond donors (Lipinski definition) is 2. The van der Waals surface area contributed by atoms with Gasteiger partial charge in [0.1, 0.15) is 0 Å². The van der Waals surface area contributed by atoms with Gasteiger partial charge in [0.2, 0.25) is 0 Å². The van der Waals surface area contributed by atoms with Gasteiger partial charge in [0.25, 0.3) is 0 Å². The van der Waals surface area contributed by atoms with Gasteiger partial charge in [-0.05, 0) is 12.8 Å². The highest BCUT2D eigenvalue weighted by molar-refractivity contribution is 4.51. The third kappa shape index (κ3) is 13.1. The van der Waals surface area contributed by atoms with Gasteiger partial charge in [0, 0.05) is 13.8 Å². The predicted octanol–water partition coefficient (Wildman–Crippen LogP) is 6.24. The van der Waals surface area contributed by atoms with Crippen LogP contribution < -0.4 is 0 Å². The molecule has 158 valence electrons. The lowest BCUT2D eigenvalue weighted by atomic mass is 10.0. The van der Waals surface area contributed by atoms with Crippen LogP contribution in [0.5, 0.6) is 0 Å². The Hall–Kier alpha value is -0.160. The van der Waals surface area contributed by atoms with Gasteiger partial charge in [-0.2, -0.15) is 0 Å². The number of unbranched alkanes of at least 4 members (excludes halogenated alkanes) is 15. The van der Waals surface area contributed by atoms with E-state index in [1.165, 1.54) is 97.3 Å². The normalized spacial score (nSPS) is 16.4. The fourth-order valence-electron chi connectivity index (χ4n) is 3.59. The molecule has 0 saturated heterocycles. The fourth-order valence-corrected chi connectivity index (χ4v) is 3.59. The molecule has 0 aromatic carbocycles. The number of quaternary nitrogens is 1. The van der Waals surface area contributed by atoms with E-state index in [1.807, 2.05) is 0 Å². The van der Waals surface area contributed by atoms with Crippen molar-refractivity contribution < 1.29 is 14.9 Å². The molecule has 0 aliphatic carbocycles. The molecule has 0 radical (unpaired) electrons. The van der Waals surface area contributed by atoms with Crippen LogP contribution in [0, 0.1) is 5.21 Å². The Morgan fingerprint density at radius 1 is 0.577 bits per heavy atom. The lowest BCUT2D eigenvalue weighted by Gasteiger charge is -2.47. The van der Waals surface area contributed by atoms with Crippen molar-refractivity contribution in [2.24, 2.45) is 0 Å². The first-order valence-electron chi connectivity index (χ1n) is 11.4.